The molecule has 2 heterocycles. The molecule has 0 fully saturated rings. The van der Waals surface area contributed by atoms with E-state index in [0.29, 0.717) is 12.4 Å². The zero-order valence-corrected chi connectivity index (χ0v) is 21.5. The maximum atomic E-state index is 6.75. The van der Waals surface area contributed by atoms with Crippen LogP contribution in [0.4, 0.5) is 0 Å². The van der Waals surface area contributed by atoms with E-state index in [1.807, 2.05) is 31.8 Å². The molecular formula is C30H26Cl2N4. The molecule has 0 amide bonds. The normalized spacial score (nSPS) is 17.0. The number of aryl methyl sites for hydroxylation is 3. The number of benzene rings is 3. The topological polar surface area (TPSA) is 42.7 Å². The first kappa shape index (κ1) is 23.2. The predicted molar refractivity (Wildman–Crippen MR) is 148 cm³/mol. The van der Waals surface area contributed by atoms with Crippen molar-refractivity contribution < 1.29 is 0 Å². The van der Waals surface area contributed by atoms with Crippen LogP contribution in [0.25, 0.3) is 22.0 Å². The highest BCUT2D eigenvalue weighted by atomic mass is 35.5. The van der Waals surface area contributed by atoms with Crippen LogP contribution in [0.2, 0.25) is 5.02 Å². The molecule has 180 valence electrons. The van der Waals surface area contributed by atoms with Crippen LogP contribution in [-0.2, 0) is 25.4 Å². The Kier molecular flexibility index (Phi) is 6.04. The van der Waals surface area contributed by atoms with Crippen molar-refractivity contribution in [2.75, 3.05) is 12.4 Å². The molecule has 1 atom stereocenters. The van der Waals surface area contributed by atoms with Gasteiger partial charge in [-0.05, 0) is 64.7 Å². The molecule has 1 N–H and O–H groups in total. The molecule has 0 radical (unpaired) electrons. The van der Waals surface area contributed by atoms with Gasteiger partial charge in [-0.25, -0.2) is 4.98 Å². The van der Waals surface area contributed by atoms with Crippen molar-refractivity contribution >= 4 is 34.0 Å². The van der Waals surface area contributed by atoms with Gasteiger partial charge in [0.15, 0.2) is 0 Å². The highest BCUT2D eigenvalue weighted by Crippen LogP contribution is 2.40. The second-order valence-corrected chi connectivity index (χ2v) is 10.1. The van der Waals surface area contributed by atoms with Gasteiger partial charge in [-0.2, -0.15) is 0 Å². The van der Waals surface area contributed by atoms with Crippen LogP contribution < -0.4 is 5.32 Å². The highest BCUT2D eigenvalue weighted by Gasteiger charge is 2.39. The van der Waals surface area contributed by atoms with Crippen molar-refractivity contribution in [1.82, 2.24) is 19.9 Å². The SMILES string of the molecule is Cn1cncc1C1(NCCCl)c2ccc(Cl)c(c2)CCc2cccc(c2)-c2nccc3ccc1cc23. The molecule has 4 nitrogen and oxygen atoms in total. The van der Waals surface area contributed by atoms with Gasteiger partial charge in [-0.15, -0.1) is 11.6 Å². The van der Waals surface area contributed by atoms with Gasteiger partial charge >= 0.3 is 0 Å². The van der Waals surface area contributed by atoms with E-state index in [-0.39, 0.29) is 0 Å². The van der Waals surface area contributed by atoms with Gasteiger partial charge < -0.3 is 4.57 Å². The second-order valence-electron chi connectivity index (χ2n) is 9.36. The predicted octanol–water partition coefficient (Wildman–Crippen LogP) is 6.51. The first-order chi connectivity index (χ1) is 17.6. The van der Waals surface area contributed by atoms with Crippen LogP contribution in [0.5, 0.6) is 0 Å². The van der Waals surface area contributed by atoms with Crippen molar-refractivity contribution in [2.45, 2.75) is 18.4 Å². The van der Waals surface area contributed by atoms with Crippen LogP contribution in [0.3, 0.4) is 0 Å². The molecule has 0 spiro atoms. The zero-order valence-electron chi connectivity index (χ0n) is 20.0. The van der Waals surface area contributed by atoms with Crippen LogP contribution >= 0.6 is 23.2 Å². The lowest BCUT2D eigenvalue weighted by molar-refractivity contribution is 0.462. The summed E-state index contributed by atoms with van der Waals surface area (Å²) < 4.78 is 2.07. The highest BCUT2D eigenvalue weighted by molar-refractivity contribution is 6.31. The molecule has 6 heteroatoms. The summed E-state index contributed by atoms with van der Waals surface area (Å²) >= 11 is 13.0. The first-order valence-electron chi connectivity index (χ1n) is 12.2. The summed E-state index contributed by atoms with van der Waals surface area (Å²) in [6.07, 6.45) is 7.40. The number of pyridine rings is 1. The number of alkyl halides is 1. The van der Waals surface area contributed by atoms with E-state index in [0.717, 1.165) is 62.3 Å². The third kappa shape index (κ3) is 3.81. The number of nitrogens with one attached hydrogen (secondary N) is 1. The molecule has 0 aliphatic heterocycles. The molecule has 5 aromatic rings. The van der Waals surface area contributed by atoms with E-state index in [9.17, 15) is 0 Å². The molecule has 1 unspecified atom stereocenters. The summed E-state index contributed by atoms with van der Waals surface area (Å²) in [5.74, 6) is 0.478. The van der Waals surface area contributed by atoms with Crippen LogP contribution in [0.1, 0.15) is 27.9 Å². The van der Waals surface area contributed by atoms with Crippen molar-refractivity contribution in [3.63, 3.8) is 0 Å². The number of aromatic nitrogens is 3. The number of nitrogens with zero attached hydrogens (tertiary/aromatic N) is 3. The molecule has 0 saturated carbocycles. The molecular weight excluding hydrogens is 487 g/mol. The Morgan fingerprint density at radius 2 is 1.86 bits per heavy atom. The number of rotatable bonds is 4. The number of hydrogen-bond acceptors (Lipinski definition) is 3. The van der Waals surface area contributed by atoms with Gasteiger partial charge in [0.25, 0.3) is 0 Å². The monoisotopic (exact) mass is 512 g/mol. The lowest BCUT2D eigenvalue weighted by Crippen LogP contribution is -2.46. The Labute approximate surface area is 220 Å². The lowest BCUT2D eigenvalue weighted by Gasteiger charge is -2.37. The molecule has 36 heavy (non-hydrogen) atoms. The van der Waals surface area contributed by atoms with E-state index >= 15 is 0 Å². The Morgan fingerprint density at radius 3 is 2.69 bits per heavy atom. The minimum atomic E-state index is -0.687. The first-order valence-corrected chi connectivity index (χ1v) is 13.1. The molecule has 0 saturated heterocycles. The minimum Gasteiger partial charge on any atom is -0.335 e. The Hall–Kier alpha value is -3.18. The number of halogens is 2. The Bertz CT molecular complexity index is 1570. The average molecular weight is 513 g/mol. The summed E-state index contributed by atoms with van der Waals surface area (Å²) in [4.78, 5) is 9.34. The quantitative estimate of drug-likeness (QED) is 0.279. The molecule has 6 bridgehead atoms. The number of fused-ring (bicyclic) bond motifs is 6. The van der Waals surface area contributed by atoms with E-state index in [1.54, 1.807) is 0 Å². The molecule has 3 aromatic carbocycles. The summed E-state index contributed by atoms with van der Waals surface area (Å²) in [6, 6.07) is 23.8. The van der Waals surface area contributed by atoms with Gasteiger partial charge in [-0.1, -0.05) is 54.1 Å². The maximum absolute atomic E-state index is 6.75. The average Bonchev–Trinajstić information content (AvgIpc) is 3.34. The van der Waals surface area contributed by atoms with E-state index < -0.39 is 5.54 Å². The summed E-state index contributed by atoms with van der Waals surface area (Å²) in [5.41, 5.74) is 7.03. The fourth-order valence-electron chi connectivity index (χ4n) is 5.49. The van der Waals surface area contributed by atoms with Crippen molar-refractivity contribution in [3.8, 4) is 11.3 Å². The Morgan fingerprint density at radius 1 is 1.00 bits per heavy atom. The van der Waals surface area contributed by atoms with Gasteiger partial charge in [-0.3, -0.25) is 10.3 Å². The van der Waals surface area contributed by atoms with Gasteiger partial charge in [0.05, 0.1) is 23.9 Å². The molecule has 1 aliphatic rings. The van der Waals surface area contributed by atoms with Crippen LogP contribution in [-0.4, -0.2) is 27.0 Å². The second kappa shape index (κ2) is 9.36. The van der Waals surface area contributed by atoms with Crippen LogP contribution in [0, 0.1) is 0 Å². The van der Waals surface area contributed by atoms with Crippen molar-refractivity contribution in [2.24, 2.45) is 7.05 Å². The van der Waals surface area contributed by atoms with E-state index in [4.69, 9.17) is 28.2 Å². The minimum absolute atomic E-state index is 0.478. The molecule has 2 aromatic heterocycles. The van der Waals surface area contributed by atoms with Gasteiger partial charge in [0, 0.05) is 41.6 Å². The zero-order chi connectivity index (χ0) is 24.7. The smallest absolute Gasteiger partial charge is 0.112 e. The summed E-state index contributed by atoms with van der Waals surface area (Å²) in [5, 5.41) is 6.86. The number of imidazole rings is 1. The van der Waals surface area contributed by atoms with Gasteiger partial charge in [0.1, 0.15) is 5.54 Å². The summed E-state index contributed by atoms with van der Waals surface area (Å²) in [6.45, 7) is 0.614. The maximum Gasteiger partial charge on any atom is 0.112 e. The third-order valence-corrected chi connectivity index (χ3v) is 7.80. The Balaban J connectivity index is 1.74. The van der Waals surface area contributed by atoms with Gasteiger partial charge in [0.2, 0.25) is 0 Å². The van der Waals surface area contributed by atoms with E-state index in [2.05, 4.69) is 75.5 Å². The summed E-state index contributed by atoms with van der Waals surface area (Å²) in [7, 11) is 2.03. The number of hydrogen-bond donors (Lipinski definition) is 1. The van der Waals surface area contributed by atoms with Crippen LogP contribution in [0.15, 0.2) is 85.5 Å². The van der Waals surface area contributed by atoms with Crippen molar-refractivity contribution in [1.29, 1.82) is 0 Å². The standard InChI is InChI=1S/C30H26Cl2N4/c1-36-19-33-18-28(36)30(35-14-12-31)24-9-10-27(32)22(16-24)6-5-20-3-2-4-23(15-20)29-26-17-25(30)8-7-21(26)11-13-34-29/h2-4,7-11,13,15-19,35H,5-6,12,14H2,1H3. The molecule has 6 rings (SSSR count). The fourth-order valence-corrected chi connectivity index (χ4v) is 5.80. The third-order valence-electron chi connectivity index (χ3n) is 7.25. The largest absolute Gasteiger partial charge is 0.335 e. The van der Waals surface area contributed by atoms with Crippen molar-refractivity contribution in [3.05, 3.63) is 118 Å². The van der Waals surface area contributed by atoms with E-state index in [1.165, 1.54) is 5.56 Å². The lowest BCUT2D eigenvalue weighted by atomic mass is 9.78. The molecule has 1 aliphatic carbocycles. The fraction of sp³-hybridized carbons (Fsp3) is 0.200.